The van der Waals surface area contributed by atoms with Crippen LogP contribution in [0.15, 0.2) is 41.5 Å². The quantitative estimate of drug-likeness (QED) is 0.540. The Morgan fingerprint density at radius 2 is 1.82 bits per heavy atom. The number of hydrogen-bond acceptors (Lipinski definition) is 5. The van der Waals surface area contributed by atoms with Crippen LogP contribution in [0.25, 0.3) is 0 Å². The Morgan fingerprint density at radius 3 is 2.54 bits per heavy atom. The predicted octanol–water partition coefficient (Wildman–Crippen LogP) is 2.91. The zero-order chi connectivity index (χ0) is 19.8. The number of guanidine groups is 1. The van der Waals surface area contributed by atoms with Gasteiger partial charge in [-0.1, -0.05) is 12.1 Å². The van der Waals surface area contributed by atoms with Gasteiger partial charge in [0.05, 0.1) is 6.54 Å². The summed E-state index contributed by atoms with van der Waals surface area (Å²) in [6, 6.07) is 10.1. The molecule has 0 unspecified atom stereocenters. The number of hydrogen-bond donors (Lipinski definition) is 2. The molecule has 7 heteroatoms. The normalized spacial score (nSPS) is 12.8. The minimum absolute atomic E-state index is 0.289. The third kappa shape index (κ3) is 5.06. The molecule has 28 heavy (non-hydrogen) atoms. The highest BCUT2D eigenvalue weighted by atomic mass is 16.7. The molecular weight excluding hydrogens is 354 g/mol. The first-order valence-corrected chi connectivity index (χ1v) is 9.84. The molecule has 0 atom stereocenters. The van der Waals surface area contributed by atoms with Gasteiger partial charge in [0.1, 0.15) is 5.82 Å². The average molecular weight is 383 g/mol. The Kier molecular flexibility index (Phi) is 6.94. The number of ether oxygens (including phenoxy) is 2. The number of nitrogens with zero attached hydrogens (tertiary/aromatic N) is 3. The van der Waals surface area contributed by atoms with Crippen molar-refractivity contribution < 1.29 is 9.47 Å². The Balaban J connectivity index is 1.59. The highest BCUT2D eigenvalue weighted by Gasteiger charge is 2.13. The van der Waals surface area contributed by atoms with Crippen LogP contribution in [-0.4, -0.2) is 37.4 Å². The fourth-order valence-corrected chi connectivity index (χ4v) is 2.99. The second-order valence-corrected chi connectivity index (χ2v) is 6.43. The topological polar surface area (TPSA) is 71.0 Å². The van der Waals surface area contributed by atoms with Crippen molar-refractivity contribution in [3.05, 3.63) is 47.7 Å². The van der Waals surface area contributed by atoms with Crippen molar-refractivity contribution in [2.24, 2.45) is 4.99 Å². The molecule has 0 radical (unpaired) electrons. The van der Waals surface area contributed by atoms with Gasteiger partial charge in [0, 0.05) is 32.4 Å². The average Bonchev–Trinajstić information content (AvgIpc) is 3.20. The van der Waals surface area contributed by atoms with E-state index in [2.05, 4.69) is 58.4 Å². The molecule has 0 saturated carbocycles. The summed E-state index contributed by atoms with van der Waals surface area (Å²) < 4.78 is 10.8. The molecule has 1 aromatic carbocycles. The summed E-state index contributed by atoms with van der Waals surface area (Å²) in [5.41, 5.74) is 2.19. The zero-order valence-corrected chi connectivity index (χ0v) is 16.9. The number of aliphatic imine (C=N–C) groups is 1. The second kappa shape index (κ2) is 9.82. The van der Waals surface area contributed by atoms with Crippen LogP contribution in [0.4, 0.5) is 5.82 Å². The van der Waals surface area contributed by atoms with Crippen LogP contribution in [0.3, 0.4) is 0 Å². The van der Waals surface area contributed by atoms with Crippen molar-refractivity contribution in [3.8, 4) is 11.5 Å². The van der Waals surface area contributed by atoms with Crippen molar-refractivity contribution >= 4 is 11.8 Å². The summed E-state index contributed by atoms with van der Waals surface area (Å²) in [4.78, 5) is 11.5. The maximum absolute atomic E-state index is 5.44. The fraction of sp³-hybridized carbons (Fsp3) is 0.429. The molecule has 7 nitrogen and oxygen atoms in total. The van der Waals surface area contributed by atoms with Gasteiger partial charge < -0.3 is 25.0 Å². The van der Waals surface area contributed by atoms with Gasteiger partial charge in [-0.15, -0.1) is 0 Å². The van der Waals surface area contributed by atoms with Gasteiger partial charge in [-0.2, -0.15) is 0 Å². The van der Waals surface area contributed by atoms with Crippen LogP contribution in [0, 0.1) is 0 Å². The van der Waals surface area contributed by atoms with Crippen LogP contribution >= 0.6 is 0 Å². The smallest absolute Gasteiger partial charge is 0.231 e. The highest BCUT2D eigenvalue weighted by molar-refractivity contribution is 5.79. The van der Waals surface area contributed by atoms with E-state index in [0.717, 1.165) is 54.0 Å². The van der Waals surface area contributed by atoms with Gasteiger partial charge in [0.15, 0.2) is 17.5 Å². The SMILES string of the molecule is CCNC(=NCc1ccc(N(CC)CC)nc1)NCc1ccc2c(c1)OCO2. The first-order valence-electron chi connectivity index (χ1n) is 9.84. The Hall–Kier alpha value is -2.96. The Labute approximate surface area is 166 Å². The number of pyridine rings is 1. The molecule has 0 fully saturated rings. The van der Waals surface area contributed by atoms with Crippen molar-refractivity contribution in [3.63, 3.8) is 0 Å². The molecule has 1 aromatic heterocycles. The number of fused-ring (bicyclic) bond motifs is 1. The summed E-state index contributed by atoms with van der Waals surface area (Å²) in [7, 11) is 0. The molecule has 0 bridgehead atoms. The fourth-order valence-electron chi connectivity index (χ4n) is 2.99. The molecule has 0 amide bonds. The largest absolute Gasteiger partial charge is 0.454 e. The van der Waals surface area contributed by atoms with Crippen LogP contribution in [0.1, 0.15) is 31.9 Å². The summed E-state index contributed by atoms with van der Waals surface area (Å²) >= 11 is 0. The number of rotatable bonds is 8. The Morgan fingerprint density at radius 1 is 1.04 bits per heavy atom. The standard InChI is InChI=1S/C21H29N5O2/c1-4-22-21(24-12-16-7-9-18-19(11-16)28-15-27-18)25-14-17-8-10-20(23-13-17)26(5-2)6-3/h7-11,13H,4-6,12,14-15H2,1-3H3,(H2,22,24,25). The van der Waals surface area contributed by atoms with Crippen LogP contribution in [0.2, 0.25) is 0 Å². The van der Waals surface area contributed by atoms with E-state index in [0.29, 0.717) is 13.1 Å². The van der Waals surface area contributed by atoms with Gasteiger partial charge in [-0.25, -0.2) is 9.98 Å². The lowest BCUT2D eigenvalue weighted by Gasteiger charge is -2.19. The summed E-state index contributed by atoms with van der Waals surface area (Å²) in [5.74, 6) is 3.36. The predicted molar refractivity (Wildman–Crippen MR) is 112 cm³/mol. The van der Waals surface area contributed by atoms with Crippen LogP contribution in [0.5, 0.6) is 11.5 Å². The minimum atomic E-state index is 0.289. The maximum Gasteiger partial charge on any atom is 0.231 e. The summed E-state index contributed by atoms with van der Waals surface area (Å²) in [6.07, 6.45) is 1.90. The molecular formula is C21H29N5O2. The van der Waals surface area contributed by atoms with E-state index >= 15 is 0 Å². The van der Waals surface area contributed by atoms with E-state index in [1.165, 1.54) is 0 Å². The lowest BCUT2D eigenvalue weighted by atomic mass is 10.2. The molecule has 3 rings (SSSR count). The number of benzene rings is 1. The van der Waals surface area contributed by atoms with E-state index in [9.17, 15) is 0 Å². The van der Waals surface area contributed by atoms with Crippen molar-refractivity contribution in [1.82, 2.24) is 15.6 Å². The molecule has 150 valence electrons. The molecule has 1 aliphatic rings. The maximum atomic E-state index is 5.44. The molecule has 0 saturated heterocycles. The van der Waals surface area contributed by atoms with E-state index in [4.69, 9.17) is 9.47 Å². The van der Waals surface area contributed by atoms with E-state index in [1.807, 2.05) is 24.4 Å². The molecule has 2 heterocycles. The van der Waals surface area contributed by atoms with E-state index in [1.54, 1.807) is 0 Å². The molecule has 1 aliphatic heterocycles. The van der Waals surface area contributed by atoms with E-state index in [-0.39, 0.29) is 6.79 Å². The summed E-state index contributed by atoms with van der Waals surface area (Å²) in [5, 5.41) is 6.64. The first-order chi connectivity index (χ1) is 13.7. The van der Waals surface area contributed by atoms with Gasteiger partial charge in [0.2, 0.25) is 6.79 Å². The zero-order valence-electron chi connectivity index (χ0n) is 16.9. The van der Waals surface area contributed by atoms with Crippen molar-refractivity contribution in [1.29, 1.82) is 0 Å². The molecule has 2 aromatic rings. The van der Waals surface area contributed by atoms with Crippen molar-refractivity contribution in [2.75, 3.05) is 31.3 Å². The number of nitrogens with one attached hydrogen (secondary N) is 2. The van der Waals surface area contributed by atoms with Gasteiger partial charge in [-0.05, 0) is 50.1 Å². The minimum Gasteiger partial charge on any atom is -0.454 e. The third-order valence-electron chi connectivity index (χ3n) is 4.56. The second-order valence-electron chi connectivity index (χ2n) is 6.43. The first kappa shape index (κ1) is 19.8. The van der Waals surface area contributed by atoms with Gasteiger partial charge in [0.25, 0.3) is 0 Å². The van der Waals surface area contributed by atoms with Gasteiger partial charge in [-0.3, -0.25) is 0 Å². The lowest BCUT2D eigenvalue weighted by Crippen LogP contribution is -2.36. The van der Waals surface area contributed by atoms with Crippen LogP contribution in [-0.2, 0) is 13.1 Å². The summed E-state index contributed by atoms with van der Waals surface area (Å²) in [6.45, 7) is 10.5. The Bertz CT molecular complexity index is 788. The number of anilines is 1. The van der Waals surface area contributed by atoms with Gasteiger partial charge >= 0.3 is 0 Å². The highest BCUT2D eigenvalue weighted by Crippen LogP contribution is 2.32. The van der Waals surface area contributed by atoms with E-state index < -0.39 is 0 Å². The molecule has 0 aliphatic carbocycles. The molecule has 0 spiro atoms. The van der Waals surface area contributed by atoms with Crippen LogP contribution < -0.4 is 25.0 Å². The molecule has 2 N–H and O–H groups in total. The monoisotopic (exact) mass is 383 g/mol. The van der Waals surface area contributed by atoms with Crippen molar-refractivity contribution in [2.45, 2.75) is 33.9 Å². The number of aromatic nitrogens is 1. The lowest BCUT2D eigenvalue weighted by molar-refractivity contribution is 0.174. The third-order valence-corrected chi connectivity index (χ3v) is 4.56.